The summed E-state index contributed by atoms with van der Waals surface area (Å²) in [4.78, 5) is 17.0. The fourth-order valence-corrected chi connectivity index (χ4v) is 2.74. The normalized spacial score (nSPS) is 10.2. The molecule has 1 amide bonds. The first-order valence-electron chi connectivity index (χ1n) is 6.70. The van der Waals surface area contributed by atoms with E-state index in [1.165, 1.54) is 11.3 Å². The summed E-state index contributed by atoms with van der Waals surface area (Å²) in [5, 5.41) is 6.64. The highest BCUT2D eigenvalue weighted by atomic mass is 32.1. The van der Waals surface area contributed by atoms with Crippen LogP contribution in [-0.4, -0.2) is 31.6 Å². The largest absolute Gasteiger partial charge is 0.497 e. The number of carbonyl (C=O) groups is 1. The van der Waals surface area contributed by atoms with E-state index in [9.17, 15) is 4.79 Å². The number of hydrogen-bond donors (Lipinski definition) is 2. The van der Waals surface area contributed by atoms with Crippen LogP contribution in [0.5, 0.6) is 5.75 Å². The van der Waals surface area contributed by atoms with Crippen LogP contribution in [0.3, 0.4) is 0 Å². The van der Waals surface area contributed by atoms with Crippen molar-refractivity contribution in [2.24, 2.45) is 0 Å². The summed E-state index contributed by atoms with van der Waals surface area (Å²) >= 11 is 1.37. The zero-order valence-corrected chi connectivity index (χ0v) is 13.2. The maximum Gasteiger partial charge on any atom is 0.263 e. The monoisotopic (exact) mass is 305 g/mol. The number of benzene rings is 1. The number of methoxy groups -OCH3 is 1. The quantitative estimate of drug-likeness (QED) is 0.860. The molecular formula is C15H19N3O2S. The van der Waals surface area contributed by atoms with Crippen molar-refractivity contribution in [3.05, 3.63) is 40.4 Å². The van der Waals surface area contributed by atoms with Gasteiger partial charge >= 0.3 is 0 Å². The lowest BCUT2D eigenvalue weighted by atomic mass is 10.1. The molecule has 21 heavy (non-hydrogen) atoms. The molecule has 112 valence electrons. The summed E-state index contributed by atoms with van der Waals surface area (Å²) in [6.07, 6.45) is 0.784. The van der Waals surface area contributed by atoms with Crippen LogP contribution in [0.25, 0.3) is 0 Å². The molecule has 0 bridgehead atoms. The number of hydrogen-bond acceptors (Lipinski definition) is 5. The molecule has 0 radical (unpaired) electrons. The van der Waals surface area contributed by atoms with Gasteiger partial charge in [-0.15, -0.1) is 0 Å². The predicted octanol–water partition coefficient (Wildman–Crippen LogP) is 2.47. The first kappa shape index (κ1) is 15.3. The van der Waals surface area contributed by atoms with E-state index in [2.05, 4.69) is 15.6 Å². The summed E-state index contributed by atoms with van der Waals surface area (Å²) in [6.45, 7) is 2.44. The molecule has 0 saturated heterocycles. The Morgan fingerprint density at radius 1 is 1.33 bits per heavy atom. The van der Waals surface area contributed by atoms with E-state index in [0.717, 1.165) is 28.6 Å². The van der Waals surface area contributed by atoms with E-state index < -0.39 is 0 Å². The lowest BCUT2D eigenvalue weighted by molar-refractivity contribution is 0.0957. The van der Waals surface area contributed by atoms with Crippen LogP contribution in [-0.2, 0) is 6.42 Å². The van der Waals surface area contributed by atoms with Crippen LogP contribution in [0, 0.1) is 6.92 Å². The lowest BCUT2D eigenvalue weighted by Crippen LogP contribution is -2.25. The van der Waals surface area contributed by atoms with Crippen molar-refractivity contribution in [2.45, 2.75) is 13.3 Å². The van der Waals surface area contributed by atoms with Crippen molar-refractivity contribution < 1.29 is 9.53 Å². The number of aromatic nitrogens is 1. The van der Waals surface area contributed by atoms with Gasteiger partial charge in [0.15, 0.2) is 5.13 Å². The number of nitrogens with one attached hydrogen (secondary N) is 2. The van der Waals surface area contributed by atoms with Crippen LogP contribution < -0.4 is 15.4 Å². The Hall–Kier alpha value is -2.08. The van der Waals surface area contributed by atoms with E-state index in [1.54, 1.807) is 14.2 Å². The number of ether oxygens (including phenoxy) is 1. The Morgan fingerprint density at radius 3 is 2.62 bits per heavy atom. The smallest absolute Gasteiger partial charge is 0.263 e. The fraction of sp³-hybridized carbons (Fsp3) is 0.333. The minimum atomic E-state index is -0.0694. The molecule has 6 heteroatoms. The standard InChI is InChI=1S/C15H19N3O2S/c1-10-13(21-15(16-2)18-10)14(19)17-9-8-11-4-6-12(20-3)7-5-11/h4-7H,8-9H2,1-3H3,(H,16,18)(H,17,19). The van der Waals surface area contributed by atoms with Crippen molar-refractivity contribution in [3.63, 3.8) is 0 Å². The average molecular weight is 305 g/mol. The maximum absolute atomic E-state index is 12.1. The van der Waals surface area contributed by atoms with Gasteiger partial charge in [-0.2, -0.15) is 0 Å². The lowest BCUT2D eigenvalue weighted by Gasteiger charge is -2.05. The van der Waals surface area contributed by atoms with Crippen LogP contribution in [0.2, 0.25) is 0 Å². The molecule has 0 aliphatic rings. The zero-order chi connectivity index (χ0) is 15.2. The molecule has 1 heterocycles. The molecule has 1 aromatic carbocycles. The molecule has 0 atom stereocenters. The highest BCUT2D eigenvalue weighted by molar-refractivity contribution is 7.17. The number of thiazole rings is 1. The number of amides is 1. The molecule has 2 aromatic rings. The SMILES string of the molecule is CNc1nc(C)c(C(=O)NCCc2ccc(OC)cc2)s1. The Bertz CT molecular complexity index is 608. The molecule has 2 rings (SSSR count). The second-order valence-electron chi connectivity index (χ2n) is 4.54. The van der Waals surface area contributed by atoms with E-state index in [0.29, 0.717) is 11.4 Å². The van der Waals surface area contributed by atoms with Gasteiger partial charge in [-0.1, -0.05) is 23.5 Å². The Labute approximate surface area is 128 Å². The Balaban J connectivity index is 1.87. The van der Waals surface area contributed by atoms with Crippen LogP contribution >= 0.6 is 11.3 Å². The maximum atomic E-state index is 12.1. The Kier molecular flexibility index (Phi) is 5.16. The molecule has 0 spiro atoms. The summed E-state index contributed by atoms with van der Waals surface area (Å²) in [6, 6.07) is 7.84. The van der Waals surface area contributed by atoms with Gasteiger partial charge in [0.2, 0.25) is 0 Å². The highest BCUT2D eigenvalue weighted by Gasteiger charge is 2.14. The second kappa shape index (κ2) is 7.08. The summed E-state index contributed by atoms with van der Waals surface area (Å²) in [5.74, 6) is 0.766. The number of rotatable bonds is 6. The molecule has 0 aliphatic heterocycles. The number of carbonyl (C=O) groups excluding carboxylic acids is 1. The Morgan fingerprint density at radius 2 is 2.05 bits per heavy atom. The molecule has 1 aromatic heterocycles. The van der Waals surface area contributed by atoms with Crippen molar-refractivity contribution in [1.29, 1.82) is 0 Å². The van der Waals surface area contributed by atoms with Crippen molar-refractivity contribution in [3.8, 4) is 5.75 Å². The summed E-state index contributed by atoms with van der Waals surface area (Å²) in [5.41, 5.74) is 1.92. The van der Waals surface area contributed by atoms with Crippen molar-refractivity contribution in [1.82, 2.24) is 10.3 Å². The van der Waals surface area contributed by atoms with Crippen molar-refractivity contribution >= 4 is 22.4 Å². The predicted molar refractivity (Wildman–Crippen MR) is 85.4 cm³/mol. The molecule has 0 aliphatic carbocycles. The van der Waals surface area contributed by atoms with Gasteiger partial charge in [0, 0.05) is 13.6 Å². The highest BCUT2D eigenvalue weighted by Crippen LogP contribution is 2.21. The third-order valence-corrected chi connectivity index (χ3v) is 4.25. The number of anilines is 1. The van der Waals surface area contributed by atoms with Gasteiger partial charge in [-0.25, -0.2) is 4.98 Å². The molecule has 2 N–H and O–H groups in total. The topological polar surface area (TPSA) is 63.2 Å². The minimum Gasteiger partial charge on any atom is -0.497 e. The number of aryl methyl sites for hydroxylation is 1. The van der Waals surface area contributed by atoms with Gasteiger partial charge in [0.25, 0.3) is 5.91 Å². The number of nitrogens with zero attached hydrogens (tertiary/aromatic N) is 1. The van der Waals surface area contributed by atoms with Gasteiger partial charge in [-0.05, 0) is 31.0 Å². The third kappa shape index (κ3) is 3.95. The van der Waals surface area contributed by atoms with E-state index in [-0.39, 0.29) is 5.91 Å². The first-order valence-corrected chi connectivity index (χ1v) is 7.52. The van der Waals surface area contributed by atoms with Crippen LogP contribution in [0.4, 0.5) is 5.13 Å². The second-order valence-corrected chi connectivity index (χ2v) is 5.54. The van der Waals surface area contributed by atoms with Gasteiger partial charge in [0.05, 0.1) is 12.8 Å². The van der Waals surface area contributed by atoms with Gasteiger partial charge < -0.3 is 15.4 Å². The van der Waals surface area contributed by atoms with Crippen molar-refractivity contribution in [2.75, 3.05) is 26.0 Å². The van der Waals surface area contributed by atoms with E-state index in [4.69, 9.17) is 4.74 Å². The molecule has 0 unspecified atom stereocenters. The first-order chi connectivity index (χ1) is 10.1. The van der Waals surface area contributed by atoms with Crippen LogP contribution in [0.1, 0.15) is 20.9 Å². The van der Waals surface area contributed by atoms with Crippen LogP contribution in [0.15, 0.2) is 24.3 Å². The van der Waals surface area contributed by atoms with Gasteiger partial charge in [0.1, 0.15) is 10.6 Å². The zero-order valence-electron chi connectivity index (χ0n) is 12.4. The molecular weight excluding hydrogens is 286 g/mol. The minimum absolute atomic E-state index is 0.0694. The fourth-order valence-electron chi connectivity index (χ4n) is 1.91. The third-order valence-electron chi connectivity index (χ3n) is 3.07. The molecule has 5 nitrogen and oxygen atoms in total. The summed E-state index contributed by atoms with van der Waals surface area (Å²) in [7, 11) is 3.44. The van der Waals surface area contributed by atoms with E-state index >= 15 is 0 Å². The van der Waals surface area contributed by atoms with E-state index in [1.807, 2.05) is 31.2 Å². The average Bonchev–Trinajstić information content (AvgIpc) is 2.89. The summed E-state index contributed by atoms with van der Waals surface area (Å²) < 4.78 is 5.11. The van der Waals surface area contributed by atoms with Gasteiger partial charge in [-0.3, -0.25) is 4.79 Å². The molecule has 0 fully saturated rings. The molecule has 0 saturated carbocycles.